The molecule has 0 saturated carbocycles. The standard InChI is InChI=1S/C14H22N2O3S/c1-2-16(12-13-6-4-3-5-7-13)9-11-20(18,19)10-8-14(15)17/h3-7H,2,8-12H2,1H3,(H2,15,17). The maximum atomic E-state index is 11.8. The molecule has 0 aromatic heterocycles. The number of hydrogen-bond acceptors (Lipinski definition) is 4. The number of primary amides is 1. The molecule has 0 radical (unpaired) electrons. The lowest BCUT2D eigenvalue weighted by atomic mass is 10.2. The first-order chi connectivity index (χ1) is 9.43. The molecule has 0 saturated heterocycles. The summed E-state index contributed by atoms with van der Waals surface area (Å²) in [4.78, 5) is 12.7. The molecular formula is C14H22N2O3S. The highest BCUT2D eigenvalue weighted by Crippen LogP contribution is 2.05. The molecule has 2 N–H and O–H groups in total. The predicted molar refractivity (Wildman–Crippen MR) is 79.9 cm³/mol. The molecule has 1 rings (SSSR count). The molecule has 1 amide bonds. The Labute approximate surface area is 120 Å². The number of carbonyl (C=O) groups excluding carboxylic acids is 1. The molecule has 0 spiro atoms. The van der Waals surface area contributed by atoms with E-state index < -0.39 is 15.7 Å². The van der Waals surface area contributed by atoms with Gasteiger partial charge in [-0.3, -0.25) is 9.69 Å². The Hall–Kier alpha value is -1.40. The van der Waals surface area contributed by atoms with Crippen molar-refractivity contribution in [3.63, 3.8) is 0 Å². The summed E-state index contributed by atoms with van der Waals surface area (Å²) in [6.45, 7) is 3.97. The SMILES string of the molecule is CCN(CCS(=O)(=O)CCC(N)=O)Cc1ccccc1. The van der Waals surface area contributed by atoms with Crippen LogP contribution in [0.15, 0.2) is 30.3 Å². The van der Waals surface area contributed by atoms with Crippen LogP contribution in [0.3, 0.4) is 0 Å². The van der Waals surface area contributed by atoms with Crippen LogP contribution in [0.25, 0.3) is 0 Å². The average Bonchev–Trinajstić information content (AvgIpc) is 2.42. The zero-order chi connectivity index (χ0) is 15.0. The van der Waals surface area contributed by atoms with Crippen LogP contribution in [0.4, 0.5) is 0 Å². The second-order valence-corrected chi connectivity index (χ2v) is 7.03. The molecule has 5 nitrogen and oxygen atoms in total. The van der Waals surface area contributed by atoms with Crippen LogP contribution >= 0.6 is 0 Å². The van der Waals surface area contributed by atoms with Gasteiger partial charge in [-0.1, -0.05) is 37.3 Å². The Morgan fingerprint density at radius 3 is 2.40 bits per heavy atom. The number of hydrogen-bond donors (Lipinski definition) is 1. The molecule has 0 atom stereocenters. The molecule has 0 aliphatic rings. The van der Waals surface area contributed by atoms with Crippen molar-refractivity contribution < 1.29 is 13.2 Å². The van der Waals surface area contributed by atoms with E-state index in [1.165, 1.54) is 0 Å². The number of nitrogens with zero attached hydrogens (tertiary/aromatic N) is 1. The van der Waals surface area contributed by atoms with Crippen LogP contribution in [-0.4, -0.2) is 43.8 Å². The van der Waals surface area contributed by atoms with Crippen molar-refractivity contribution in [1.29, 1.82) is 0 Å². The average molecular weight is 298 g/mol. The zero-order valence-corrected chi connectivity index (χ0v) is 12.6. The van der Waals surface area contributed by atoms with E-state index >= 15 is 0 Å². The minimum absolute atomic E-state index is 0.0565. The van der Waals surface area contributed by atoms with Crippen molar-refractivity contribution in [2.75, 3.05) is 24.6 Å². The summed E-state index contributed by atoms with van der Waals surface area (Å²) in [6, 6.07) is 9.92. The van der Waals surface area contributed by atoms with Gasteiger partial charge in [0.05, 0.1) is 11.5 Å². The van der Waals surface area contributed by atoms with E-state index in [0.717, 1.165) is 18.7 Å². The van der Waals surface area contributed by atoms with Gasteiger partial charge in [-0.25, -0.2) is 8.42 Å². The molecule has 112 valence electrons. The van der Waals surface area contributed by atoms with Gasteiger partial charge >= 0.3 is 0 Å². The molecule has 0 unspecified atom stereocenters. The van der Waals surface area contributed by atoms with Gasteiger partial charge in [0.15, 0.2) is 9.84 Å². The monoisotopic (exact) mass is 298 g/mol. The normalized spacial score (nSPS) is 11.7. The molecule has 1 aromatic carbocycles. The Kier molecular flexibility index (Phi) is 6.67. The summed E-state index contributed by atoms with van der Waals surface area (Å²) >= 11 is 0. The van der Waals surface area contributed by atoms with Crippen LogP contribution in [-0.2, 0) is 21.2 Å². The summed E-state index contributed by atoms with van der Waals surface area (Å²) in [7, 11) is -3.22. The molecule has 0 aliphatic carbocycles. The summed E-state index contributed by atoms with van der Waals surface area (Å²) in [6.07, 6.45) is -0.104. The molecule has 20 heavy (non-hydrogen) atoms. The number of amides is 1. The molecule has 1 aromatic rings. The Balaban J connectivity index is 2.47. The first-order valence-electron chi connectivity index (χ1n) is 6.68. The van der Waals surface area contributed by atoms with E-state index in [-0.39, 0.29) is 17.9 Å². The van der Waals surface area contributed by atoms with Crippen LogP contribution in [0.2, 0.25) is 0 Å². The third-order valence-corrected chi connectivity index (χ3v) is 4.70. The van der Waals surface area contributed by atoms with Crippen molar-refractivity contribution in [2.45, 2.75) is 19.9 Å². The fraction of sp³-hybridized carbons (Fsp3) is 0.500. The highest BCUT2D eigenvalue weighted by Gasteiger charge is 2.14. The van der Waals surface area contributed by atoms with Gasteiger partial charge in [-0.05, 0) is 12.1 Å². The highest BCUT2D eigenvalue weighted by molar-refractivity contribution is 7.91. The first-order valence-corrected chi connectivity index (χ1v) is 8.50. The van der Waals surface area contributed by atoms with Crippen LogP contribution in [0.5, 0.6) is 0 Å². The molecule has 0 fully saturated rings. The maximum absolute atomic E-state index is 11.8. The lowest BCUT2D eigenvalue weighted by Crippen LogP contribution is -2.30. The molecule has 6 heteroatoms. The summed E-state index contributed by atoms with van der Waals surface area (Å²) in [5.74, 6) is -0.683. The van der Waals surface area contributed by atoms with Gasteiger partial charge in [-0.2, -0.15) is 0 Å². The van der Waals surface area contributed by atoms with Crippen molar-refractivity contribution in [1.82, 2.24) is 4.90 Å². The van der Waals surface area contributed by atoms with Gasteiger partial charge < -0.3 is 5.73 Å². The second-order valence-electron chi connectivity index (χ2n) is 4.72. The minimum atomic E-state index is -3.22. The largest absolute Gasteiger partial charge is 0.370 e. The quantitative estimate of drug-likeness (QED) is 0.731. The molecule has 0 heterocycles. The number of benzene rings is 1. The predicted octanol–water partition coefficient (Wildman–Crippen LogP) is 0.799. The number of rotatable bonds is 9. The third-order valence-electron chi connectivity index (χ3n) is 3.07. The Bertz CT molecular complexity index is 514. The van der Waals surface area contributed by atoms with E-state index in [1.54, 1.807) is 0 Å². The number of sulfone groups is 1. The highest BCUT2D eigenvalue weighted by atomic mass is 32.2. The van der Waals surface area contributed by atoms with Gasteiger partial charge in [0.1, 0.15) is 0 Å². The van der Waals surface area contributed by atoms with Gasteiger partial charge in [0.25, 0.3) is 0 Å². The van der Waals surface area contributed by atoms with Crippen molar-refractivity contribution >= 4 is 15.7 Å². The number of nitrogens with two attached hydrogens (primary N) is 1. The Morgan fingerprint density at radius 1 is 1.20 bits per heavy atom. The van der Waals surface area contributed by atoms with Crippen LogP contribution in [0.1, 0.15) is 18.9 Å². The fourth-order valence-corrected chi connectivity index (χ4v) is 3.07. The Morgan fingerprint density at radius 2 is 1.85 bits per heavy atom. The van der Waals surface area contributed by atoms with Gasteiger partial charge in [0, 0.05) is 19.5 Å². The van der Waals surface area contributed by atoms with Crippen LogP contribution in [0, 0.1) is 0 Å². The van der Waals surface area contributed by atoms with E-state index in [0.29, 0.717) is 6.54 Å². The van der Waals surface area contributed by atoms with E-state index in [1.807, 2.05) is 37.3 Å². The lowest BCUT2D eigenvalue weighted by molar-refractivity contribution is -0.117. The summed E-state index contributed by atoms with van der Waals surface area (Å²) in [5.41, 5.74) is 6.13. The summed E-state index contributed by atoms with van der Waals surface area (Å²) in [5, 5.41) is 0. The van der Waals surface area contributed by atoms with E-state index in [2.05, 4.69) is 4.90 Å². The maximum Gasteiger partial charge on any atom is 0.218 e. The topological polar surface area (TPSA) is 80.5 Å². The smallest absolute Gasteiger partial charge is 0.218 e. The van der Waals surface area contributed by atoms with Crippen molar-refractivity contribution in [3.05, 3.63) is 35.9 Å². The van der Waals surface area contributed by atoms with E-state index in [9.17, 15) is 13.2 Å². The first kappa shape index (κ1) is 16.7. The summed E-state index contributed by atoms with van der Waals surface area (Å²) < 4.78 is 23.5. The van der Waals surface area contributed by atoms with Crippen LogP contribution < -0.4 is 5.73 Å². The minimum Gasteiger partial charge on any atom is -0.370 e. The molecule has 0 bridgehead atoms. The second kappa shape index (κ2) is 8.01. The van der Waals surface area contributed by atoms with Crippen molar-refractivity contribution in [2.24, 2.45) is 5.73 Å². The molecular weight excluding hydrogens is 276 g/mol. The van der Waals surface area contributed by atoms with Gasteiger partial charge in [-0.15, -0.1) is 0 Å². The van der Waals surface area contributed by atoms with E-state index in [4.69, 9.17) is 5.73 Å². The third kappa shape index (κ3) is 6.68. The number of carbonyl (C=O) groups is 1. The zero-order valence-electron chi connectivity index (χ0n) is 11.8. The lowest BCUT2D eigenvalue weighted by Gasteiger charge is -2.20. The van der Waals surface area contributed by atoms with Crippen molar-refractivity contribution in [3.8, 4) is 0 Å². The van der Waals surface area contributed by atoms with Gasteiger partial charge in [0.2, 0.25) is 5.91 Å². The molecule has 0 aliphatic heterocycles. The fourth-order valence-electron chi connectivity index (χ4n) is 1.82.